The molecule has 1 N–H and O–H groups in total. The van der Waals surface area contributed by atoms with E-state index < -0.39 is 7.12 Å². The summed E-state index contributed by atoms with van der Waals surface area (Å²) in [5.74, 6) is 0. The Morgan fingerprint density at radius 1 is 1.64 bits per heavy atom. The highest BCUT2D eigenvalue weighted by atomic mass is 16.5. The van der Waals surface area contributed by atoms with Gasteiger partial charge in [0.15, 0.2) is 0 Å². The van der Waals surface area contributed by atoms with Gasteiger partial charge in [0.2, 0.25) is 0 Å². The molecule has 1 rings (SSSR count). The zero-order valence-electron chi connectivity index (χ0n) is 6.61. The predicted molar refractivity (Wildman–Crippen MR) is 43.6 cm³/mol. The van der Waals surface area contributed by atoms with Gasteiger partial charge >= 0.3 is 7.12 Å². The molecule has 0 unspecified atom stereocenters. The maximum Gasteiger partial charge on any atom is 0.510 e. The van der Waals surface area contributed by atoms with E-state index in [1.165, 1.54) is 7.11 Å². The van der Waals surface area contributed by atoms with Crippen LogP contribution in [0.1, 0.15) is 5.56 Å². The van der Waals surface area contributed by atoms with Gasteiger partial charge in [0, 0.05) is 13.3 Å². The van der Waals surface area contributed by atoms with Gasteiger partial charge < -0.3 is 9.68 Å². The SMILES string of the molecule is COB(O)c1ncccc1C. The van der Waals surface area contributed by atoms with Crippen molar-refractivity contribution in [3.63, 3.8) is 0 Å². The van der Waals surface area contributed by atoms with Crippen LogP contribution in [-0.4, -0.2) is 24.2 Å². The minimum atomic E-state index is -0.906. The maximum absolute atomic E-state index is 9.23. The molecule has 0 atom stereocenters. The second-order valence-electron chi connectivity index (χ2n) is 2.29. The fraction of sp³-hybridized carbons (Fsp3) is 0.286. The van der Waals surface area contributed by atoms with Crippen LogP contribution in [0.5, 0.6) is 0 Å². The van der Waals surface area contributed by atoms with E-state index >= 15 is 0 Å². The Bertz CT molecular complexity index is 242. The van der Waals surface area contributed by atoms with Crippen molar-refractivity contribution < 1.29 is 9.68 Å². The summed E-state index contributed by atoms with van der Waals surface area (Å²) in [5, 5.41) is 9.23. The minimum absolute atomic E-state index is 0.579. The molecule has 1 heterocycles. The first-order valence-corrected chi connectivity index (χ1v) is 3.38. The van der Waals surface area contributed by atoms with Crippen LogP contribution in [-0.2, 0) is 4.65 Å². The number of rotatable bonds is 2. The van der Waals surface area contributed by atoms with Gasteiger partial charge in [-0.25, -0.2) is 0 Å². The van der Waals surface area contributed by atoms with Crippen molar-refractivity contribution >= 4 is 12.7 Å². The molecule has 11 heavy (non-hydrogen) atoms. The van der Waals surface area contributed by atoms with Crippen molar-refractivity contribution in [2.24, 2.45) is 0 Å². The molecular weight excluding hydrogens is 141 g/mol. The monoisotopic (exact) mass is 151 g/mol. The topological polar surface area (TPSA) is 42.4 Å². The summed E-state index contributed by atoms with van der Waals surface area (Å²) in [6.07, 6.45) is 1.63. The summed E-state index contributed by atoms with van der Waals surface area (Å²) >= 11 is 0. The van der Waals surface area contributed by atoms with Crippen molar-refractivity contribution in [1.82, 2.24) is 4.98 Å². The molecule has 1 aromatic heterocycles. The van der Waals surface area contributed by atoms with E-state index in [4.69, 9.17) is 4.65 Å². The molecule has 0 aliphatic carbocycles. The van der Waals surface area contributed by atoms with Crippen LogP contribution < -0.4 is 5.59 Å². The van der Waals surface area contributed by atoms with Gasteiger partial charge in [0.05, 0.1) is 5.59 Å². The van der Waals surface area contributed by atoms with Gasteiger partial charge in [-0.05, 0) is 18.6 Å². The highest BCUT2D eigenvalue weighted by Crippen LogP contribution is 1.91. The van der Waals surface area contributed by atoms with Gasteiger partial charge in [0.25, 0.3) is 0 Å². The van der Waals surface area contributed by atoms with Crippen molar-refractivity contribution in [1.29, 1.82) is 0 Å². The summed E-state index contributed by atoms with van der Waals surface area (Å²) in [6, 6.07) is 3.70. The zero-order valence-corrected chi connectivity index (χ0v) is 6.61. The lowest BCUT2D eigenvalue weighted by atomic mass is 9.82. The van der Waals surface area contributed by atoms with E-state index in [1.54, 1.807) is 6.20 Å². The van der Waals surface area contributed by atoms with Gasteiger partial charge in [-0.2, -0.15) is 0 Å². The van der Waals surface area contributed by atoms with E-state index in [-0.39, 0.29) is 0 Å². The molecule has 0 saturated carbocycles. The molecule has 0 saturated heterocycles. The summed E-state index contributed by atoms with van der Waals surface area (Å²) in [5.41, 5.74) is 1.51. The molecule has 0 amide bonds. The van der Waals surface area contributed by atoms with Crippen LogP contribution in [0, 0.1) is 6.92 Å². The average molecular weight is 151 g/mol. The summed E-state index contributed by atoms with van der Waals surface area (Å²) < 4.78 is 4.71. The highest BCUT2D eigenvalue weighted by molar-refractivity contribution is 6.59. The van der Waals surface area contributed by atoms with Crippen molar-refractivity contribution in [3.05, 3.63) is 23.9 Å². The third-order valence-electron chi connectivity index (χ3n) is 1.51. The largest absolute Gasteiger partial charge is 0.510 e. The van der Waals surface area contributed by atoms with Crippen molar-refractivity contribution in [3.8, 4) is 0 Å². The fourth-order valence-corrected chi connectivity index (χ4v) is 0.868. The minimum Gasteiger partial charge on any atom is -0.422 e. The predicted octanol–water partition coefficient (Wildman–Crippen LogP) is -0.276. The van der Waals surface area contributed by atoms with Crippen LogP contribution in [0.2, 0.25) is 0 Å². The molecular formula is C7H10BNO2. The van der Waals surface area contributed by atoms with E-state index in [2.05, 4.69) is 4.98 Å². The fourth-order valence-electron chi connectivity index (χ4n) is 0.868. The number of nitrogens with zero attached hydrogens (tertiary/aromatic N) is 1. The van der Waals surface area contributed by atoms with E-state index in [0.29, 0.717) is 5.59 Å². The van der Waals surface area contributed by atoms with Crippen LogP contribution in [0.25, 0.3) is 0 Å². The van der Waals surface area contributed by atoms with Crippen LogP contribution in [0.15, 0.2) is 18.3 Å². The first kappa shape index (κ1) is 8.23. The Kier molecular flexibility index (Phi) is 2.62. The highest BCUT2D eigenvalue weighted by Gasteiger charge is 2.17. The molecule has 0 spiro atoms. The Hall–Kier alpha value is -0.865. The van der Waals surface area contributed by atoms with Gasteiger partial charge in [-0.15, -0.1) is 0 Å². The number of aryl methyl sites for hydroxylation is 1. The molecule has 0 aliphatic rings. The number of pyridine rings is 1. The molecule has 3 nitrogen and oxygen atoms in total. The third-order valence-corrected chi connectivity index (χ3v) is 1.51. The Morgan fingerprint density at radius 2 is 2.36 bits per heavy atom. The Morgan fingerprint density at radius 3 is 2.91 bits per heavy atom. The molecule has 4 heteroatoms. The van der Waals surface area contributed by atoms with Crippen LogP contribution in [0.4, 0.5) is 0 Å². The first-order chi connectivity index (χ1) is 5.25. The summed E-state index contributed by atoms with van der Waals surface area (Å²) in [4.78, 5) is 3.97. The number of hydrogen-bond donors (Lipinski definition) is 1. The molecule has 0 aromatic carbocycles. The zero-order chi connectivity index (χ0) is 8.27. The number of hydrogen-bond acceptors (Lipinski definition) is 3. The molecule has 0 radical (unpaired) electrons. The Labute approximate surface area is 66.2 Å². The lowest BCUT2D eigenvalue weighted by Crippen LogP contribution is -2.36. The lowest BCUT2D eigenvalue weighted by Gasteiger charge is -2.04. The summed E-state index contributed by atoms with van der Waals surface area (Å²) in [6.45, 7) is 1.88. The van der Waals surface area contributed by atoms with Crippen molar-refractivity contribution in [2.45, 2.75) is 6.92 Å². The lowest BCUT2D eigenvalue weighted by molar-refractivity contribution is 0.340. The van der Waals surface area contributed by atoms with E-state index in [9.17, 15) is 5.02 Å². The second-order valence-corrected chi connectivity index (χ2v) is 2.29. The van der Waals surface area contributed by atoms with Crippen LogP contribution >= 0.6 is 0 Å². The third kappa shape index (κ3) is 1.79. The second kappa shape index (κ2) is 3.50. The molecule has 1 aromatic rings. The van der Waals surface area contributed by atoms with E-state index in [0.717, 1.165) is 5.56 Å². The van der Waals surface area contributed by atoms with E-state index in [1.807, 2.05) is 19.1 Å². The summed E-state index contributed by atoms with van der Waals surface area (Å²) in [7, 11) is 0.537. The van der Waals surface area contributed by atoms with Crippen LogP contribution in [0.3, 0.4) is 0 Å². The van der Waals surface area contributed by atoms with Gasteiger partial charge in [0.1, 0.15) is 0 Å². The molecule has 0 aliphatic heterocycles. The molecule has 0 bridgehead atoms. The average Bonchev–Trinajstić information content (AvgIpc) is 2.04. The molecule has 0 fully saturated rings. The number of aromatic nitrogens is 1. The first-order valence-electron chi connectivity index (χ1n) is 3.38. The Balaban J connectivity index is 2.93. The van der Waals surface area contributed by atoms with Gasteiger partial charge in [-0.1, -0.05) is 6.07 Å². The smallest absolute Gasteiger partial charge is 0.422 e. The standard InChI is InChI=1S/C7H10BNO2/c1-6-4-3-5-9-7(6)8(10)11-2/h3-5,10H,1-2H3. The quantitative estimate of drug-likeness (QED) is 0.591. The molecule has 58 valence electrons. The normalized spacial score (nSPS) is 9.73. The van der Waals surface area contributed by atoms with Crippen molar-refractivity contribution in [2.75, 3.05) is 7.11 Å². The van der Waals surface area contributed by atoms with Gasteiger partial charge in [-0.3, -0.25) is 4.98 Å². The maximum atomic E-state index is 9.23.